The van der Waals surface area contributed by atoms with Crippen molar-refractivity contribution < 1.29 is 104 Å². The van der Waals surface area contributed by atoms with E-state index in [2.05, 4.69) is 0 Å². The number of aliphatic hydroxyl groups is 14. The molecule has 61 heavy (non-hydrogen) atoms. The summed E-state index contributed by atoms with van der Waals surface area (Å²) in [4.78, 5) is 12.7. The highest BCUT2D eigenvalue weighted by molar-refractivity contribution is 5.72. The molecule has 21 heteroatoms. The Hall–Kier alpha value is -1.29. The molecular formula is C40H67O21+. The molecule has 4 saturated heterocycles. The van der Waals surface area contributed by atoms with Crippen molar-refractivity contribution >= 4 is 5.97 Å². The Morgan fingerprint density at radius 2 is 1.11 bits per heavy atom. The van der Waals surface area contributed by atoms with E-state index in [4.69, 9.17) is 37.9 Å². The Morgan fingerprint density at radius 3 is 1.74 bits per heavy atom. The molecule has 13 N–H and O–H groups in total. The molecular weight excluding hydrogens is 816 g/mol. The molecule has 352 valence electrons. The Labute approximate surface area is 353 Å². The van der Waals surface area contributed by atoms with Crippen molar-refractivity contribution in [2.75, 3.05) is 13.2 Å². The summed E-state index contributed by atoms with van der Waals surface area (Å²) < 4.78 is 46.1. The second-order valence-corrected chi connectivity index (χ2v) is 18.3. The summed E-state index contributed by atoms with van der Waals surface area (Å²) in [6.45, 7) is 0.590. The number of hydrogen-bond donors (Lipinski definition) is 12. The predicted octanol–water partition coefficient (Wildman–Crippen LogP) is -4.70. The monoisotopic (exact) mass is 883 g/mol. The van der Waals surface area contributed by atoms with Crippen LogP contribution in [0.3, 0.4) is 0 Å². The van der Waals surface area contributed by atoms with Crippen LogP contribution in [0.25, 0.3) is 0 Å². The lowest BCUT2D eigenvalue weighted by molar-refractivity contribution is -0.366. The van der Waals surface area contributed by atoms with Crippen LogP contribution in [0.15, 0.2) is 0 Å². The van der Waals surface area contributed by atoms with Crippen molar-refractivity contribution in [3.05, 3.63) is 0 Å². The maximum absolute atomic E-state index is 12.7. The summed E-state index contributed by atoms with van der Waals surface area (Å²) in [6, 6.07) is 0. The zero-order chi connectivity index (χ0) is 43.9. The lowest BCUT2D eigenvalue weighted by atomic mass is 9.73. The Bertz CT molecular complexity index is 1400. The number of rotatable bonds is 11. The van der Waals surface area contributed by atoms with Gasteiger partial charge in [0.2, 0.25) is 0 Å². The van der Waals surface area contributed by atoms with Crippen LogP contribution < -0.4 is 0 Å². The van der Waals surface area contributed by atoms with Crippen LogP contribution in [0.1, 0.15) is 77.6 Å². The zero-order valence-electron chi connectivity index (χ0n) is 34.2. The fourth-order valence-electron chi connectivity index (χ4n) is 10.2. The first-order chi connectivity index (χ1) is 29.0. The van der Waals surface area contributed by atoms with Gasteiger partial charge in [-0.15, -0.1) is 0 Å². The number of hydrogen-bond acceptors (Lipinski definition) is 20. The highest BCUT2D eigenvalue weighted by Gasteiger charge is 2.56. The molecule has 7 rings (SSSR count). The van der Waals surface area contributed by atoms with Crippen molar-refractivity contribution in [1.29, 1.82) is 0 Å². The number of ether oxygens (including phenoxy) is 8. The molecule has 21 nitrogen and oxygen atoms in total. The second kappa shape index (κ2) is 20.5. The third-order valence-electron chi connectivity index (χ3n) is 14.1. The third-order valence-corrected chi connectivity index (χ3v) is 14.1. The summed E-state index contributed by atoms with van der Waals surface area (Å²) in [5, 5.41) is 127. The predicted molar refractivity (Wildman–Crippen MR) is 201 cm³/mol. The maximum atomic E-state index is 12.7. The molecule has 3 saturated carbocycles. The average molecular weight is 884 g/mol. The summed E-state index contributed by atoms with van der Waals surface area (Å²) in [7, 11) is 0. The molecule has 0 aromatic carbocycles. The Morgan fingerprint density at radius 1 is 0.574 bits per heavy atom. The van der Waals surface area contributed by atoms with Crippen LogP contribution in [-0.2, 0) is 38.0 Å². The molecule has 7 aliphatic rings. The van der Waals surface area contributed by atoms with Crippen LogP contribution in [-0.4, -0.2) is 220 Å². The van der Waals surface area contributed by atoms with Crippen molar-refractivity contribution in [3.8, 4) is 0 Å². The maximum Gasteiger partial charge on any atom is 0.309 e. The van der Waals surface area contributed by atoms with E-state index in [1.165, 1.54) is 6.92 Å². The SMILES string of the molecule is CC1OC(OCC2OC(OC3CC4C(O)CC(OC5OC(COC(=O)C6CCC(O)CC6)C(O)C(O)C5O)CC4[OH+]C3C3CCC(O)CC3)C(O)C(O)C2O)C(O)C(O)C1O. The summed E-state index contributed by atoms with van der Waals surface area (Å²) in [5.41, 5.74) is 0. The van der Waals surface area contributed by atoms with E-state index in [9.17, 15) is 66.1 Å². The topological polar surface area (TPSA) is 337 Å². The van der Waals surface area contributed by atoms with E-state index in [0.29, 0.717) is 51.4 Å². The molecule has 0 aromatic heterocycles. The van der Waals surface area contributed by atoms with Crippen molar-refractivity contribution in [2.24, 2.45) is 17.8 Å². The molecule has 0 spiro atoms. The standard InChI is InChI=1S/C40H66O21/c1-15-27(44)30(47)33(50)38(56-15)55-14-26-29(46)32(49)35(52)40(61-26)59-24-12-21-22(43)10-20(11-23(21)58-36(24)16-2-6-18(41)7-3-16)57-39-34(51)31(48)28(45)25(60-39)13-54-37(53)17-4-8-19(42)9-5-17/h15-36,38-52H,2-14H2,1H3/p+1. The quantitative estimate of drug-likeness (QED) is 0.0685. The molecule has 0 aromatic rings. The summed E-state index contributed by atoms with van der Waals surface area (Å²) >= 11 is 0. The molecule has 21 atom stereocenters. The fraction of sp³-hybridized carbons (Fsp3) is 0.975. The van der Waals surface area contributed by atoms with E-state index in [0.717, 1.165) is 0 Å². The average Bonchev–Trinajstić information content (AvgIpc) is 3.24. The normalized spacial score (nSPS) is 52.2. The van der Waals surface area contributed by atoms with Crippen LogP contribution in [0, 0.1) is 17.8 Å². The minimum atomic E-state index is -1.75. The number of esters is 1. The van der Waals surface area contributed by atoms with E-state index in [-0.39, 0.29) is 25.2 Å². The van der Waals surface area contributed by atoms with Gasteiger partial charge in [-0.25, -0.2) is 0 Å². The first kappa shape index (κ1) is 47.7. The second-order valence-electron chi connectivity index (χ2n) is 18.3. The lowest BCUT2D eigenvalue weighted by Crippen LogP contribution is -2.64. The van der Waals surface area contributed by atoms with Gasteiger partial charge in [-0.3, -0.25) is 4.79 Å². The van der Waals surface area contributed by atoms with Crippen molar-refractivity contribution in [1.82, 2.24) is 0 Å². The summed E-state index contributed by atoms with van der Waals surface area (Å²) in [6.07, 6.45) is -22.3. The summed E-state index contributed by atoms with van der Waals surface area (Å²) in [5.74, 6) is -1.49. The van der Waals surface area contributed by atoms with Gasteiger partial charge in [0, 0.05) is 18.8 Å². The molecule has 3 aliphatic carbocycles. The van der Waals surface area contributed by atoms with Crippen LogP contribution in [0.5, 0.6) is 0 Å². The highest BCUT2D eigenvalue weighted by Crippen LogP contribution is 2.43. The molecule has 21 unspecified atom stereocenters. The van der Waals surface area contributed by atoms with Gasteiger partial charge in [0.25, 0.3) is 0 Å². The van der Waals surface area contributed by atoms with Crippen molar-refractivity contribution in [2.45, 2.75) is 212 Å². The first-order valence-electron chi connectivity index (χ1n) is 21.9. The minimum Gasteiger partial charge on any atom is -0.463 e. The third kappa shape index (κ3) is 10.7. The Balaban J connectivity index is 0.991. The van der Waals surface area contributed by atoms with E-state index >= 15 is 0 Å². The van der Waals surface area contributed by atoms with Crippen LogP contribution in [0.4, 0.5) is 0 Å². The molecule has 7 fully saturated rings. The van der Waals surface area contributed by atoms with Gasteiger partial charge in [-0.2, -0.15) is 0 Å². The molecule has 4 aliphatic heterocycles. The van der Waals surface area contributed by atoms with Gasteiger partial charge in [-0.05, 0) is 64.7 Å². The molecule has 0 amide bonds. The Kier molecular flexibility index (Phi) is 16.0. The highest BCUT2D eigenvalue weighted by atomic mass is 16.7. The van der Waals surface area contributed by atoms with E-state index in [1.54, 1.807) is 0 Å². The van der Waals surface area contributed by atoms with Gasteiger partial charge >= 0.3 is 5.97 Å². The largest absolute Gasteiger partial charge is 0.463 e. The lowest BCUT2D eigenvalue weighted by Gasteiger charge is -2.49. The zero-order valence-corrected chi connectivity index (χ0v) is 34.2. The van der Waals surface area contributed by atoms with Gasteiger partial charge in [-0.1, -0.05) is 0 Å². The van der Waals surface area contributed by atoms with Gasteiger partial charge in [0.05, 0.1) is 49.0 Å². The number of aliphatic hydroxyl groups excluding tert-OH is 12. The fourth-order valence-corrected chi connectivity index (χ4v) is 10.2. The number of fused-ring (bicyclic) bond motifs is 1. The number of carbonyl (C=O) groups is 1. The van der Waals surface area contributed by atoms with E-state index in [1.807, 2.05) is 0 Å². The molecule has 0 bridgehead atoms. The van der Waals surface area contributed by atoms with Gasteiger partial charge in [0.1, 0.15) is 79.9 Å². The van der Waals surface area contributed by atoms with E-state index < -0.39 is 166 Å². The number of carbonyl (C=O) groups excluding carboxylic acids is 1. The van der Waals surface area contributed by atoms with Crippen LogP contribution >= 0.6 is 0 Å². The molecule has 4 heterocycles. The first-order valence-corrected chi connectivity index (χ1v) is 21.9. The van der Waals surface area contributed by atoms with Crippen LogP contribution in [0.2, 0.25) is 0 Å². The smallest absolute Gasteiger partial charge is 0.309 e. The van der Waals surface area contributed by atoms with Gasteiger partial charge in [0.15, 0.2) is 31.1 Å². The van der Waals surface area contributed by atoms with Gasteiger partial charge < -0.3 is 99.2 Å². The minimum absolute atomic E-state index is 0.0639. The van der Waals surface area contributed by atoms with Crippen molar-refractivity contribution in [3.63, 3.8) is 0 Å². The molecule has 0 radical (unpaired) electrons.